The normalized spacial score (nSPS) is 19.4. The van der Waals surface area contributed by atoms with E-state index in [9.17, 15) is 30.6 Å². The third kappa shape index (κ3) is 7.71. The SMILES string of the molecule is CCCCCc1cc(CCc2c(O)c(O)c3c(O)cccc3c2C=Cc2ccc(O)c(O)c2)ccc1CNCC1(c2cnc[nH]2)CCCC2(CCCC2)C1CO. The highest BCUT2D eigenvalue weighted by atomic mass is 16.3. The predicted octanol–water partition coefficient (Wildman–Crippen LogP) is 9.16. The topological polar surface area (TPSA) is 162 Å². The Labute approximate surface area is 329 Å². The van der Waals surface area contributed by atoms with Crippen molar-refractivity contribution in [3.05, 3.63) is 106 Å². The molecule has 2 aliphatic carbocycles. The number of aromatic hydroxyl groups is 5. The average molecular weight is 760 g/mol. The van der Waals surface area contributed by atoms with Crippen molar-refractivity contribution in [1.82, 2.24) is 15.3 Å². The smallest absolute Gasteiger partial charge is 0.169 e. The van der Waals surface area contributed by atoms with E-state index in [1.165, 1.54) is 61.4 Å². The van der Waals surface area contributed by atoms with Crippen LogP contribution < -0.4 is 5.32 Å². The zero-order chi connectivity index (χ0) is 39.3. The van der Waals surface area contributed by atoms with Crippen molar-refractivity contribution in [2.24, 2.45) is 11.3 Å². The summed E-state index contributed by atoms with van der Waals surface area (Å²) in [4.78, 5) is 7.90. The van der Waals surface area contributed by atoms with E-state index in [4.69, 9.17) is 0 Å². The Morgan fingerprint density at radius 3 is 2.38 bits per heavy atom. The quantitative estimate of drug-likeness (QED) is 0.0298. The lowest BCUT2D eigenvalue weighted by molar-refractivity contribution is -0.0196. The molecule has 2 saturated carbocycles. The molecule has 2 atom stereocenters. The van der Waals surface area contributed by atoms with Crippen molar-refractivity contribution in [2.75, 3.05) is 13.2 Å². The van der Waals surface area contributed by atoms with Gasteiger partial charge in [0, 0.05) is 42.6 Å². The van der Waals surface area contributed by atoms with Gasteiger partial charge in [-0.3, -0.25) is 0 Å². The van der Waals surface area contributed by atoms with E-state index in [0.29, 0.717) is 41.5 Å². The van der Waals surface area contributed by atoms with E-state index in [1.807, 2.05) is 12.3 Å². The van der Waals surface area contributed by atoms with Gasteiger partial charge in [0.25, 0.3) is 0 Å². The van der Waals surface area contributed by atoms with Crippen molar-refractivity contribution >= 4 is 22.9 Å². The molecule has 2 unspecified atom stereocenters. The lowest BCUT2D eigenvalue weighted by Crippen LogP contribution is -2.55. The fourth-order valence-corrected chi connectivity index (χ4v) is 10.2. The maximum atomic E-state index is 11.4. The van der Waals surface area contributed by atoms with E-state index >= 15 is 0 Å². The molecular formula is C47H57N3O6. The number of nitrogens with zero attached hydrogens (tertiary/aromatic N) is 1. The number of fused-ring (bicyclic) bond motifs is 1. The second-order valence-electron chi connectivity index (χ2n) is 16.3. The largest absolute Gasteiger partial charge is 0.507 e. The van der Waals surface area contributed by atoms with Gasteiger partial charge in [-0.2, -0.15) is 0 Å². The summed E-state index contributed by atoms with van der Waals surface area (Å²) in [6.07, 6.45) is 20.9. The maximum absolute atomic E-state index is 11.4. The van der Waals surface area contributed by atoms with Gasteiger partial charge in [0.1, 0.15) is 5.75 Å². The van der Waals surface area contributed by atoms with Gasteiger partial charge in [-0.25, -0.2) is 4.98 Å². The first kappa shape index (κ1) is 39.3. The second kappa shape index (κ2) is 17.0. The highest BCUT2D eigenvalue weighted by Gasteiger charge is 2.55. The second-order valence-corrected chi connectivity index (χ2v) is 16.3. The molecule has 0 saturated heterocycles. The Kier molecular flexibility index (Phi) is 11.9. The summed E-state index contributed by atoms with van der Waals surface area (Å²) >= 11 is 0. The molecule has 1 spiro atoms. The number of aliphatic hydroxyl groups is 1. The number of H-pyrrole nitrogens is 1. The van der Waals surface area contributed by atoms with Crippen molar-refractivity contribution in [3.63, 3.8) is 0 Å². The number of phenols is 5. The number of unbranched alkanes of at least 4 members (excludes halogenated alkanes) is 2. The van der Waals surface area contributed by atoms with Gasteiger partial charge in [0.2, 0.25) is 0 Å². The van der Waals surface area contributed by atoms with Crippen molar-refractivity contribution in [1.29, 1.82) is 0 Å². The van der Waals surface area contributed by atoms with Crippen LogP contribution in [0.5, 0.6) is 28.7 Å². The Balaban J connectivity index is 1.15. The number of rotatable bonds is 15. The van der Waals surface area contributed by atoms with Crippen LogP contribution in [0.15, 0.2) is 67.1 Å². The Hall–Kier alpha value is -4.99. The molecule has 7 rings (SSSR count). The number of phenolic OH excluding ortho intramolecular Hbond substituents is 5. The third-order valence-electron chi connectivity index (χ3n) is 13.1. The molecule has 0 bridgehead atoms. The molecule has 1 heterocycles. The van der Waals surface area contributed by atoms with Gasteiger partial charge < -0.3 is 40.9 Å². The van der Waals surface area contributed by atoms with Crippen LogP contribution in [-0.2, 0) is 31.2 Å². The molecule has 0 radical (unpaired) electrons. The summed E-state index contributed by atoms with van der Waals surface area (Å²) in [5, 5.41) is 68.7. The minimum absolute atomic E-state index is 0.136. The van der Waals surface area contributed by atoms with Crippen molar-refractivity contribution in [3.8, 4) is 28.7 Å². The summed E-state index contributed by atoms with van der Waals surface area (Å²) in [7, 11) is 0. The minimum Gasteiger partial charge on any atom is -0.507 e. The van der Waals surface area contributed by atoms with Gasteiger partial charge in [0.15, 0.2) is 23.0 Å². The number of nitrogens with one attached hydrogen (secondary N) is 2. The Bertz CT molecular complexity index is 2160. The van der Waals surface area contributed by atoms with Crippen LogP contribution in [0.3, 0.4) is 0 Å². The van der Waals surface area contributed by atoms with E-state index < -0.39 is 0 Å². The zero-order valence-corrected chi connectivity index (χ0v) is 32.5. The fraction of sp³-hybridized carbons (Fsp3) is 0.426. The van der Waals surface area contributed by atoms with Crippen LogP contribution in [0, 0.1) is 11.3 Å². The van der Waals surface area contributed by atoms with E-state index in [0.717, 1.165) is 56.3 Å². The molecule has 9 nitrogen and oxygen atoms in total. The summed E-state index contributed by atoms with van der Waals surface area (Å²) in [6.45, 7) is 3.88. The van der Waals surface area contributed by atoms with Crippen LogP contribution >= 0.6 is 0 Å². The molecule has 56 heavy (non-hydrogen) atoms. The number of aliphatic hydroxyl groups excluding tert-OH is 1. The molecule has 1 aromatic heterocycles. The number of aromatic nitrogens is 2. The molecule has 0 aliphatic heterocycles. The van der Waals surface area contributed by atoms with Crippen molar-refractivity contribution < 1.29 is 30.6 Å². The number of aryl methyl sites for hydroxylation is 2. The summed E-state index contributed by atoms with van der Waals surface area (Å²) in [6, 6.07) is 16.2. The van der Waals surface area contributed by atoms with E-state index in [-0.39, 0.29) is 57.5 Å². The van der Waals surface area contributed by atoms with Crippen LogP contribution in [-0.4, -0.2) is 53.8 Å². The van der Waals surface area contributed by atoms with Crippen LogP contribution in [0.2, 0.25) is 0 Å². The number of hydrogen-bond acceptors (Lipinski definition) is 8. The molecule has 2 aliphatic rings. The monoisotopic (exact) mass is 759 g/mol. The number of imidazole rings is 1. The van der Waals surface area contributed by atoms with Gasteiger partial charge in [-0.1, -0.05) is 87.6 Å². The molecular weight excluding hydrogens is 703 g/mol. The molecule has 8 N–H and O–H groups in total. The summed E-state index contributed by atoms with van der Waals surface area (Å²) < 4.78 is 0. The Morgan fingerprint density at radius 1 is 0.804 bits per heavy atom. The summed E-state index contributed by atoms with van der Waals surface area (Å²) in [5.74, 6) is -1.05. The molecule has 2 fully saturated rings. The van der Waals surface area contributed by atoms with Crippen molar-refractivity contribution in [2.45, 2.75) is 102 Å². The highest BCUT2D eigenvalue weighted by molar-refractivity contribution is 6.03. The van der Waals surface area contributed by atoms with Gasteiger partial charge in [0.05, 0.1) is 11.7 Å². The van der Waals surface area contributed by atoms with Crippen LogP contribution in [0.25, 0.3) is 22.9 Å². The fourth-order valence-electron chi connectivity index (χ4n) is 10.2. The van der Waals surface area contributed by atoms with Crippen LogP contribution in [0.1, 0.15) is 110 Å². The highest BCUT2D eigenvalue weighted by Crippen LogP contribution is 2.59. The summed E-state index contributed by atoms with van der Waals surface area (Å²) in [5.41, 5.74) is 6.63. The van der Waals surface area contributed by atoms with E-state index in [1.54, 1.807) is 30.6 Å². The molecule has 296 valence electrons. The first-order valence-corrected chi connectivity index (χ1v) is 20.5. The average Bonchev–Trinajstić information content (AvgIpc) is 3.91. The number of hydrogen-bond donors (Lipinski definition) is 8. The zero-order valence-electron chi connectivity index (χ0n) is 32.5. The molecule has 9 heteroatoms. The first-order chi connectivity index (χ1) is 27.2. The van der Waals surface area contributed by atoms with E-state index in [2.05, 4.69) is 40.4 Å². The van der Waals surface area contributed by atoms with Gasteiger partial charge >= 0.3 is 0 Å². The maximum Gasteiger partial charge on any atom is 0.169 e. The lowest BCUT2D eigenvalue weighted by Gasteiger charge is -2.53. The predicted molar refractivity (Wildman–Crippen MR) is 222 cm³/mol. The number of aromatic amines is 1. The molecule has 5 aromatic rings. The van der Waals surface area contributed by atoms with Crippen LogP contribution in [0.4, 0.5) is 0 Å². The minimum atomic E-state index is -0.359. The Morgan fingerprint density at radius 2 is 1.62 bits per heavy atom. The van der Waals surface area contributed by atoms with Gasteiger partial charge in [-0.05, 0) is 114 Å². The van der Waals surface area contributed by atoms with Gasteiger partial charge in [-0.15, -0.1) is 0 Å². The standard InChI is InChI=1S/C47H57N3O6/c1-2-3-4-9-33-24-31(12-16-34(33)26-48-29-47(42-27-49-30-50-42)23-8-22-46(41(47)28-51)20-5-6-21-46)14-18-37-35(17-13-32-15-19-38(52)40(54)25-32)36-10-7-11-39(53)43(36)45(56)44(37)55/h7,10-13,15-17,19,24-25,27,30,41,48,51-56H,2-6,8-9,14,18,20-23,26,28-29H2,1H3,(H,49,50). The third-order valence-corrected chi connectivity index (χ3v) is 13.1. The molecule has 0 amide bonds. The lowest BCUT2D eigenvalue weighted by atomic mass is 9.53. The molecule has 4 aromatic carbocycles. The number of benzene rings is 4. The first-order valence-electron chi connectivity index (χ1n) is 20.5.